The molecule has 0 unspecified atom stereocenters. The second kappa shape index (κ2) is 3.11. The quantitative estimate of drug-likeness (QED) is 0.659. The maximum Gasteiger partial charge on any atom is 0.410 e. The van der Waals surface area contributed by atoms with Crippen molar-refractivity contribution in [3.63, 3.8) is 0 Å². The summed E-state index contributed by atoms with van der Waals surface area (Å²) in [6, 6.07) is 0.604. The molecule has 0 aromatic carbocycles. The lowest BCUT2D eigenvalue weighted by Gasteiger charge is -2.33. The molecule has 2 N–H and O–H groups in total. The number of ether oxygens (including phenoxy) is 1. The van der Waals surface area contributed by atoms with Crippen molar-refractivity contribution in [2.75, 3.05) is 0 Å². The molecule has 3 aliphatic rings. The number of fused-ring (bicyclic) bond motifs is 1. The zero-order valence-corrected chi connectivity index (χ0v) is 9.86. The zero-order valence-electron chi connectivity index (χ0n) is 9.86. The van der Waals surface area contributed by atoms with Crippen molar-refractivity contribution in [1.29, 1.82) is 0 Å². The summed E-state index contributed by atoms with van der Waals surface area (Å²) in [5, 5.41) is 0. The van der Waals surface area contributed by atoms with E-state index in [0.29, 0.717) is 5.92 Å². The monoisotopic (exact) mass is 212 g/mol. The van der Waals surface area contributed by atoms with E-state index in [-0.39, 0.29) is 24.2 Å². The van der Waals surface area contributed by atoms with Gasteiger partial charge >= 0.3 is 6.09 Å². The molecular formula is C11H20N2O2. The van der Waals surface area contributed by atoms with Crippen LogP contribution in [-0.4, -0.2) is 34.7 Å². The zero-order chi connectivity index (χ0) is 11.4. The van der Waals surface area contributed by atoms with Crippen LogP contribution in [0.4, 0.5) is 4.79 Å². The number of nitrogens with two attached hydrogens (primary N) is 1. The molecule has 0 aromatic heterocycles. The third-order valence-corrected chi connectivity index (χ3v) is 3.47. The minimum Gasteiger partial charge on any atom is -0.444 e. The largest absolute Gasteiger partial charge is 0.444 e. The van der Waals surface area contributed by atoms with E-state index in [0.717, 1.165) is 6.42 Å². The fraction of sp³-hybridized carbons (Fsp3) is 0.909. The number of nitrogens with zero attached hydrogens (tertiary/aromatic N) is 1. The van der Waals surface area contributed by atoms with Gasteiger partial charge in [0.2, 0.25) is 0 Å². The van der Waals surface area contributed by atoms with Gasteiger partial charge in [-0.2, -0.15) is 0 Å². The second-order valence-electron chi connectivity index (χ2n) is 5.67. The van der Waals surface area contributed by atoms with Crippen LogP contribution >= 0.6 is 0 Å². The van der Waals surface area contributed by atoms with Crippen molar-refractivity contribution in [2.45, 2.75) is 57.8 Å². The Bertz CT molecular complexity index is 283. The Labute approximate surface area is 90.8 Å². The van der Waals surface area contributed by atoms with Crippen LogP contribution in [0.25, 0.3) is 0 Å². The first kappa shape index (κ1) is 10.7. The molecule has 86 valence electrons. The third-order valence-electron chi connectivity index (χ3n) is 3.47. The Morgan fingerprint density at radius 2 is 2.07 bits per heavy atom. The number of amides is 1. The molecule has 2 heterocycles. The number of carbonyl (C=O) groups is 1. The number of hydrogen-bond donors (Lipinski definition) is 1. The molecule has 2 bridgehead atoms. The Balaban J connectivity index is 2.03. The van der Waals surface area contributed by atoms with Crippen LogP contribution in [0, 0.1) is 5.92 Å². The van der Waals surface area contributed by atoms with E-state index in [4.69, 9.17) is 10.5 Å². The minimum absolute atomic E-state index is 0.160. The standard InChI is InChI=1S/C11H20N2O2/c1-6-7-5-8(9(7)12)13(6)10(14)15-11(2,3)4/h6-9H,5,12H2,1-4H3/t6-,7-,8-,9+/m1/s1. The molecule has 4 nitrogen and oxygen atoms in total. The van der Waals surface area contributed by atoms with Gasteiger partial charge in [-0.15, -0.1) is 0 Å². The van der Waals surface area contributed by atoms with Gasteiger partial charge in [0.25, 0.3) is 0 Å². The van der Waals surface area contributed by atoms with Gasteiger partial charge in [0, 0.05) is 12.1 Å². The highest BCUT2D eigenvalue weighted by Gasteiger charge is 2.57. The molecular weight excluding hydrogens is 192 g/mol. The summed E-state index contributed by atoms with van der Waals surface area (Å²) in [4.78, 5) is 13.7. The average molecular weight is 212 g/mol. The molecule has 4 heteroatoms. The molecule has 1 amide bonds. The predicted molar refractivity (Wildman–Crippen MR) is 57.4 cm³/mol. The molecule has 2 aliphatic heterocycles. The van der Waals surface area contributed by atoms with Crippen LogP contribution < -0.4 is 5.73 Å². The molecule has 15 heavy (non-hydrogen) atoms. The van der Waals surface area contributed by atoms with E-state index in [1.54, 1.807) is 0 Å². The van der Waals surface area contributed by atoms with Crippen LogP contribution in [0.1, 0.15) is 34.1 Å². The van der Waals surface area contributed by atoms with Crippen molar-refractivity contribution in [2.24, 2.45) is 11.7 Å². The fourth-order valence-electron chi connectivity index (χ4n) is 2.62. The van der Waals surface area contributed by atoms with Gasteiger partial charge in [0.15, 0.2) is 0 Å². The molecule has 0 radical (unpaired) electrons. The molecule has 3 fully saturated rings. The lowest BCUT2D eigenvalue weighted by atomic mass is 9.78. The van der Waals surface area contributed by atoms with E-state index in [9.17, 15) is 4.79 Å². The summed E-state index contributed by atoms with van der Waals surface area (Å²) in [6.45, 7) is 7.71. The molecule has 0 spiro atoms. The van der Waals surface area contributed by atoms with E-state index in [2.05, 4.69) is 6.92 Å². The van der Waals surface area contributed by atoms with Gasteiger partial charge in [0.1, 0.15) is 5.60 Å². The normalized spacial score (nSPS) is 38.9. The number of hydrogen-bond acceptors (Lipinski definition) is 3. The first-order chi connectivity index (χ1) is 6.81. The van der Waals surface area contributed by atoms with Crippen molar-refractivity contribution in [3.05, 3.63) is 0 Å². The molecule has 3 rings (SSSR count). The summed E-state index contributed by atoms with van der Waals surface area (Å²) in [5.41, 5.74) is 5.54. The number of carbonyl (C=O) groups excluding carboxylic acids is 1. The van der Waals surface area contributed by atoms with E-state index >= 15 is 0 Å². The summed E-state index contributed by atoms with van der Waals surface area (Å²) >= 11 is 0. The van der Waals surface area contributed by atoms with Crippen molar-refractivity contribution in [3.8, 4) is 0 Å². The Morgan fingerprint density at radius 1 is 1.47 bits per heavy atom. The van der Waals surface area contributed by atoms with Crippen LogP contribution in [0.15, 0.2) is 0 Å². The van der Waals surface area contributed by atoms with E-state index in [1.165, 1.54) is 0 Å². The first-order valence-electron chi connectivity index (χ1n) is 5.58. The molecule has 1 aliphatic carbocycles. The van der Waals surface area contributed by atoms with Gasteiger partial charge in [-0.3, -0.25) is 0 Å². The van der Waals surface area contributed by atoms with E-state index in [1.807, 2.05) is 25.7 Å². The lowest BCUT2D eigenvalue weighted by Crippen LogP contribution is -2.51. The highest BCUT2D eigenvalue weighted by atomic mass is 16.6. The van der Waals surface area contributed by atoms with E-state index < -0.39 is 5.60 Å². The topological polar surface area (TPSA) is 55.6 Å². The third kappa shape index (κ3) is 1.61. The fourth-order valence-corrected chi connectivity index (χ4v) is 2.62. The SMILES string of the molecule is C[C@@H]1[C@H]2C[C@H]([C@H]2N)N1C(=O)OC(C)(C)C. The van der Waals surface area contributed by atoms with Gasteiger partial charge < -0.3 is 15.4 Å². The summed E-state index contributed by atoms with van der Waals surface area (Å²) in [7, 11) is 0. The maximum atomic E-state index is 11.9. The van der Waals surface area contributed by atoms with Gasteiger partial charge in [-0.25, -0.2) is 4.79 Å². The molecule has 0 aromatic rings. The summed E-state index contributed by atoms with van der Waals surface area (Å²) in [6.07, 6.45) is 0.831. The summed E-state index contributed by atoms with van der Waals surface area (Å²) in [5.74, 6) is 0.475. The highest BCUT2D eigenvalue weighted by molar-refractivity contribution is 5.70. The van der Waals surface area contributed by atoms with Gasteiger partial charge in [-0.05, 0) is 40.0 Å². The molecule has 1 saturated carbocycles. The van der Waals surface area contributed by atoms with Crippen LogP contribution in [0.3, 0.4) is 0 Å². The van der Waals surface area contributed by atoms with Crippen molar-refractivity contribution in [1.82, 2.24) is 4.90 Å². The average Bonchev–Trinajstić information content (AvgIpc) is 2.50. The highest BCUT2D eigenvalue weighted by Crippen LogP contribution is 2.45. The van der Waals surface area contributed by atoms with Gasteiger partial charge in [-0.1, -0.05) is 0 Å². The van der Waals surface area contributed by atoms with Gasteiger partial charge in [0.05, 0.1) is 6.04 Å². The van der Waals surface area contributed by atoms with Crippen LogP contribution in [0.5, 0.6) is 0 Å². The molecule has 2 saturated heterocycles. The maximum absolute atomic E-state index is 11.9. The predicted octanol–water partition coefficient (Wildman–Crippen LogP) is 1.34. The first-order valence-corrected chi connectivity index (χ1v) is 5.58. The Morgan fingerprint density at radius 3 is 2.40 bits per heavy atom. The lowest BCUT2D eigenvalue weighted by molar-refractivity contribution is 0.0191. The summed E-state index contributed by atoms with van der Waals surface area (Å²) < 4.78 is 5.37. The Kier molecular flexibility index (Phi) is 2.23. The van der Waals surface area contributed by atoms with Crippen LogP contribution in [0.2, 0.25) is 0 Å². The van der Waals surface area contributed by atoms with Crippen molar-refractivity contribution < 1.29 is 9.53 Å². The second-order valence-corrected chi connectivity index (χ2v) is 5.67. The molecule has 4 atom stereocenters. The minimum atomic E-state index is -0.423. The number of rotatable bonds is 0. The van der Waals surface area contributed by atoms with Crippen LogP contribution in [-0.2, 0) is 4.74 Å². The smallest absolute Gasteiger partial charge is 0.410 e. The Hall–Kier alpha value is -0.770. The van der Waals surface area contributed by atoms with Crippen molar-refractivity contribution >= 4 is 6.09 Å².